The number of aryl methyl sites for hydroxylation is 2. The molecule has 1 aromatic rings. The maximum atomic E-state index is 12.0. The number of nitrogens with zero attached hydrogens (tertiary/aromatic N) is 2. The Morgan fingerprint density at radius 3 is 2.88 bits per heavy atom. The van der Waals surface area contributed by atoms with E-state index >= 15 is 0 Å². The van der Waals surface area contributed by atoms with Crippen LogP contribution in [0.2, 0.25) is 0 Å². The third-order valence-electron chi connectivity index (χ3n) is 3.38. The summed E-state index contributed by atoms with van der Waals surface area (Å²) in [5.74, 6) is -0.0795. The number of amides is 1. The predicted molar refractivity (Wildman–Crippen MR) is 65.7 cm³/mol. The van der Waals surface area contributed by atoms with E-state index < -0.39 is 0 Å². The number of hydrogen-bond acceptors (Lipinski definition) is 3. The fourth-order valence-corrected chi connectivity index (χ4v) is 2.12. The van der Waals surface area contributed by atoms with Gasteiger partial charge in [0.1, 0.15) is 5.69 Å². The summed E-state index contributed by atoms with van der Waals surface area (Å²) in [6.45, 7) is 5.11. The van der Waals surface area contributed by atoms with E-state index in [1.54, 1.807) is 4.68 Å². The second kappa shape index (κ2) is 4.49. The first kappa shape index (κ1) is 12.1. The molecule has 1 fully saturated rings. The molecule has 1 aliphatic rings. The Morgan fingerprint density at radius 1 is 1.65 bits per heavy atom. The van der Waals surface area contributed by atoms with Crippen LogP contribution in [0.15, 0.2) is 6.07 Å². The second-order valence-corrected chi connectivity index (χ2v) is 4.89. The van der Waals surface area contributed by atoms with Gasteiger partial charge in [-0.3, -0.25) is 9.48 Å². The Labute approximate surface area is 101 Å². The molecule has 5 nitrogen and oxygen atoms in total. The number of rotatable bonds is 4. The van der Waals surface area contributed by atoms with Crippen molar-refractivity contribution in [2.45, 2.75) is 45.2 Å². The Hall–Kier alpha value is -1.36. The standard InChI is InChI=1S/C12H20N4O/c1-3-16-10(7-9(2)15-16)11(17)14-8-12(13)5-4-6-12/h7H,3-6,8,13H2,1-2H3,(H,14,17). The van der Waals surface area contributed by atoms with Gasteiger partial charge in [-0.1, -0.05) is 0 Å². The highest BCUT2D eigenvalue weighted by Gasteiger charge is 2.32. The molecular weight excluding hydrogens is 216 g/mol. The second-order valence-electron chi connectivity index (χ2n) is 4.89. The Kier molecular flexibility index (Phi) is 3.19. The molecule has 1 aromatic heterocycles. The number of carbonyl (C=O) groups is 1. The molecule has 0 atom stereocenters. The van der Waals surface area contributed by atoms with Gasteiger partial charge in [-0.05, 0) is 39.2 Å². The molecule has 0 aromatic carbocycles. The summed E-state index contributed by atoms with van der Waals surface area (Å²) < 4.78 is 1.72. The van der Waals surface area contributed by atoms with Gasteiger partial charge in [-0.2, -0.15) is 5.10 Å². The highest BCUT2D eigenvalue weighted by atomic mass is 16.2. The van der Waals surface area contributed by atoms with E-state index in [1.165, 1.54) is 6.42 Å². The fraction of sp³-hybridized carbons (Fsp3) is 0.667. The molecule has 1 aliphatic carbocycles. The first-order valence-electron chi connectivity index (χ1n) is 6.15. The number of nitrogens with one attached hydrogen (secondary N) is 1. The summed E-state index contributed by atoms with van der Waals surface area (Å²) in [6.07, 6.45) is 3.16. The summed E-state index contributed by atoms with van der Waals surface area (Å²) in [7, 11) is 0. The van der Waals surface area contributed by atoms with Gasteiger partial charge in [-0.15, -0.1) is 0 Å². The van der Waals surface area contributed by atoms with Crippen LogP contribution in [-0.2, 0) is 6.54 Å². The van der Waals surface area contributed by atoms with Crippen LogP contribution in [0.1, 0.15) is 42.4 Å². The number of carbonyl (C=O) groups excluding carboxylic acids is 1. The molecule has 3 N–H and O–H groups in total. The van der Waals surface area contributed by atoms with Crippen molar-refractivity contribution in [2.75, 3.05) is 6.54 Å². The van der Waals surface area contributed by atoms with Gasteiger partial charge in [0.15, 0.2) is 0 Å². The largest absolute Gasteiger partial charge is 0.349 e. The van der Waals surface area contributed by atoms with Gasteiger partial charge >= 0.3 is 0 Å². The molecule has 0 saturated heterocycles. The van der Waals surface area contributed by atoms with Crippen LogP contribution in [0.5, 0.6) is 0 Å². The van der Waals surface area contributed by atoms with Gasteiger partial charge in [0.05, 0.1) is 5.69 Å². The van der Waals surface area contributed by atoms with E-state index in [4.69, 9.17) is 5.73 Å². The zero-order valence-electron chi connectivity index (χ0n) is 10.5. The van der Waals surface area contributed by atoms with Crippen LogP contribution >= 0.6 is 0 Å². The normalized spacial score (nSPS) is 17.6. The van der Waals surface area contributed by atoms with E-state index in [0.717, 1.165) is 18.5 Å². The van der Waals surface area contributed by atoms with Crippen LogP contribution in [0, 0.1) is 6.92 Å². The van der Waals surface area contributed by atoms with Crippen molar-refractivity contribution in [3.63, 3.8) is 0 Å². The molecule has 1 amide bonds. The third-order valence-corrected chi connectivity index (χ3v) is 3.38. The van der Waals surface area contributed by atoms with Crippen molar-refractivity contribution in [1.29, 1.82) is 0 Å². The number of nitrogens with two attached hydrogens (primary N) is 1. The van der Waals surface area contributed by atoms with Gasteiger partial charge in [0, 0.05) is 18.6 Å². The van der Waals surface area contributed by atoms with Crippen molar-refractivity contribution in [1.82, 2.24) is 15.1 Å². The van der Waals surface area contributed by atoms with Crippen molar-refractivity contribution < 1.29 is 4.79 Å². The van der Waals surface area contributed by atoms with E-state index in [0.29, 0.717) is 18.8 Å². The van der Waals surface area contributed by atoms with Gasteiger partial charge in [0.25, 0.3) is 5.91 Å². The maximum Gasteiger partial charge on any atom is 0.269 e. The molecule has 0 bridgehead atoms. The minimum atomic E-state index is -0.179. The fourth-order valence-electron chi connectivity index (χ4n) is 2.12. The highest BCUT2D eigenvalue weighted by molar-refractivity contribution is 5.92. The first-order chi connectivity index (χ1) is 8.04. The molecule has 2 rings (SSSR count). The topological polar surface area (TPSA) is 72.9 Å². The molecule has 0 unspecified atom stereocenters. The SMILES string of the molecule is CCn1nc(C)cc1C(=O)NCC1(N)CCC1. The monoisotopic (exact) mass is 236 g/mol. The van der Waals surface area contributed by atoms with Gasteiger partial charge < -0.3 is 11.1 Å². The van der Waals surface area contributed by atoms with E-state index in [9.17, 15) is 4.79 Å². The smallest absolute Gasteiger partial charge is 0.269 e. The summed E-state index contributed by atoms with van der Waals surface area (Å²) in [4.78, 5) is 12.0. The van der Waals surface area contributed by atoms with Gasteiger partial charge in [-0.25, -0.2) is 0 Å². The van der Waals surface area contributed by atoms with Crippen LogP contribution < -0.4 is 11.1 Å². The molecule has 0 spiro atoms. The summed E-state index contributed by atoms with van der Waals surface area (Å²) >= 11 is 0. The highest BCUT2D eigenvalue weighted by Crippen LogP contribution is 2.28. The zero-order chi connectivity index (χ0) is 12.5. The Balaban J connectivity index is 1.99. The zero-order valence-corrected chi connectivity index (χ0v) is 10.5. The predicted octanol–water partition coefficient (Wildman–Crippen LogP) is 0.823. The van der Waals surface area contributed by atoms with E-state index in [1.807, 2.05) is 19.9 Å². The summed E-state index contributed by atoms with van der Waals surface area (Å²) in [5.41, 5.74) is 7.37. The average molecular weight is 236 g/mol. The van der Waals surface area contributed by atoms with Crippen molar-refractivity contribution >= 4 is 5.91 Å². The summed E-state index contributed by atoms with van der Waals surface area (Å²) in [5, 5.41) is 7.16. The Morgan fingerprint density at radius 2 is 2.35 bits per heavy atom. The lowest BCUT2D eigenvalue weighted by atomic mass is 9.78. The van der Waals surface area contributed by atoms with Crippen LogP contribution in [-0.4, -0.2) is 27.8 Å². The summed E-state index contributed by atoms with van der Waals surface area (Å²) in [6, 6.07) is 1.81. The number of hydrogen-bond donors (Lipinski definition) is 2. The van der Waals surface area contributed by atoms with Crippen LogP contribution in [0.3, 0.4) is 0 Å². The van der Waals surface area contributed by atoms with E-state index in [2.05, 4.69) is 10.4 Å². The molecule has 94 valence electrons. The quantitative estimate of drug-likeness (QED) is 0.813. The van der Waals surface area contributed by atoms with Crippen molar-refractivity contribution in [3.8, 4) is 0 Å². The lowest BCUT2D eigenvalue weighted by Gasteiger charge is -2.38. The van der Waals surface area contributed by atoms with Gasteiger partial charge in [0.2, 0.25) is 0 Å². The molecule has 17 heavy (non-hydrogen) atoms. The van der Waals surface area contributed by atoms with Crippen molar-refractivity contribution in [2.24, 2.45) is 5.73 Å². The maximum absolute atomic E-state index is 12.0. The first-order valence-corrected chi connectivity index (χ1v) is 6.15. The van der Waals surface area contributed by atoms with Crippen LogP contribution in [0.4, 0.5) is 0 Å². The molecule has 1 heterocycles. The minimum Gasteiger partial charge on any atom is -0.349 e. The lowest BCUT2D eigenvalue weighted by molar-refractivity contribution is 0.0919. The molecule has 0 aliphatic heterocycles. The van der Waals surface area contributed by atoms with Crippen LogP contribution in [0.25, 0.3) is 0 Å². The molecular formula is C12H20N4O. The third kappa shape index (κ3) is 2.49. The van der Waals surface area contributed by atoms with Crippen molar-refractivity contribution in [3.05, 3.63) is 17.5 Å². The number of aromatic nitrogens is 2. The average Bonchev–Trinajstić information content (AvgIpc) is 2.64. The van der Waals surface area contributed by atoms with E-state index in [-0.39, 0.29) is 11.4 Å². The molecule has 5 heteroatoms. The molecule has 1 saturated carbocycles. The lowest BCUT2D eigenvalue weighted by Crippen LogP contribution is -2.55. The minimum absolute atomic E-state index is 0.0795. The Bertz CT molecular complexity index is 420. The molecule has 0 radical (unpaired) electrons.